The minimum atomic E-state index is 0.206. The van der Waals surface area contributed by atoms with Crippen LogP contribution in [0.15, 0.2) is 35.7 Å². The van der Waals surface area contributed by atoms with E-state index in [1.54, 1.807) is 24.3 Å². The van der Waals surface area contributed by atoms with Crippen LogP contribution in [0.4, 0.5) is 5.82 Å². The largest absolute Gasteiger partial charge is 0.486 e. The van der Waals surface area contributed by atoms with Crippen LogP contribution < -0.4 is 16.0 Å². The Morgan fingerprint density at radius 1 is 1.33 bits per heavy atom. The second-order valence-corrected chi connectivity index (χ2v) is 5.10. The molecule has 0 bridgehead atoms. The number of ether oxygens (including phenoxy) is 1. The van der Waals surface area contributed by atoms with Crippen molar-refractivity contribution in [3.05, 3.63) is 47.1 Å². The number of anilines is 1. The third-order valence-corrected chi connectivity index (χ3v) is 3.65. The molecule has 0 saturated carbocycles. The molecule has 0 atom stereocenters. The number of rotatable bonds is 4. The summed E-state index contributed by atoms with van der Waals surface area (Å²) in [6, 6.07) is 10.9. The number of thiophene rings is 1. The van der Waals surface area contributed by atoms with Crippen LogP contribution in [0.5, 0.6) is 5.75 Å². The summed E-state index contributed by atoms with van der Waals surface area (Å²) in [6.07, 6.45) is 0. The van der Waals surface area contributed by atoms with Gasteiger partial charge in [0.1, 0.15) is 17.2 Å². The minimum Gasteiger partial charge on any atom is -0.486 e. The topological polar surface area (TPSA) is 96.8 Å². The number of nitrogens with zero attached hydrogens (tertiary/aromatic N) is 3. The van der Waals surface area contributed by atoms with Gasteiger partial charge in [-0.3, -0.25) is 0 Å². The number of fused-ring (bicyclic) bond motifs is 1. The van der Waals surface area contributed by atoms with E-state index in [4.69, 9.17) is 15.8 Å². The van der Waals surface area contributed by atoms with Gasteiger partial charge in [-0.25, -0.2) is 15.8 Å². The summed E-state index contributed by atoms with van der Waals surface area (Å²) in [5.74, 6) is 7.18. The van der Waals surface area contributed by atoms with Crippen LogP contribution in [0.2, 0.25) is 0 Å². The van der Waals surface area contributed by atoms with Crippen molar-refractivity contribution in [1.29, 1.82) is 5.26 Å². The van der Waals surface area contributed by atoms with E-state index in [0.29, 0.717) is 23.0 Å². The number of nitrogens with two attached hydrogens (primary N) is 1. The predicted octanol–water partition coefficient (Wildman–Crippen LogP) is 2.43. The van der Waals surface area contributed by atoms with Gasteiger partial charge >= 0.3 is 0 Å². The van der Waals surface area contributed by atoms with Gasteiger partial charge in [0.05, 0.1) is 17.0 Å². The van der Waals surface area contributed by atoms with Crippen molar-refractivity contribution in [2.24, 2.45) is 5.84 Å². The van der Waals surface area contributed by atoms with Crippen LogP contribution in [0.3, 0.4) is 0 Å². The molecule has 3 aromatic rings. The Morgan fingerprint density at radius 3 is 3.05 bits per heavy atom. The van der Waals surface area contributed by atoms with E-state index in [-0.39, 0.29) is 6.61 Å². The van der Waals surface area contributed by atoms with E-state index in [9.17, 15) is 0 Å². The van der Waals surface area contributed by atoms with Gasteiger partial charge in [-0.1, -0.05) is 6.07 Å². The molecule has 7 heteroatoms. The van der Waals surface area contributed by atoms with Gasteiger partial charge in [0.15, 0.2) is 11.6 Å². The van der Waals surface area contributed by atoms with E-state index in [2.05, 4.69) is 21.5 Å². The monoisotopic (exact) mass is 297 g/mol. The highest BCUT2D eigenvalue weighted by atomic mass is 32.1. The Morgan fingerprint density at radius 2 is 2.24 bits per heavy atom. The lowest BCUT2D eigenvalue weighted by molar-refractivity contribution is 0.296. The van der Waals surface area contributed by atoms with Crippen molar-refractivity contribution >= 4 is 27.4 Å². The zero-order chi connectivity index (χ0) is 14.7. The zero-order valence-electron chi connectivity index (χ0n) is 10.9. The van der Waals surface area contributed by atoms with Crippen molar-refractivity contribution < 1.29 is 4.74 Å². The van der Waals surface area contributed by atoms with Gasteiger partial charge in [-0.15, -0.1) is 11.3 Å². The lowest BCUT2D eigenvalue weighted by atomic mass is 10.2. The first kappa shape index (κ1) is 13.3. The number of hydrazine groups is 1. The second-order valence-electron chi connectivity index (χ2n) is 4.20. The first-order chi connectivity index (χ1) is 10.3. The molecule has 0 aliphatic carbocycles. The first-order valence-electron chi connectivity index (χ1n) is 6.14. The molecule has 0 saturated heterocycles. The molecule has 0 fully saturated rings. The number of hydrogen-bond donors (Lipinski definition) is 2. The molecular formula is C14H11N5OS. The molecule has 3 N–H and O–H groups in total. The predicted molar refractivity (Wildman–Crippen MR) is 80.7 cm³/mol. The van der Waals surface area contributed by atoms with Gasteiger partial charge in [-0.05, 0) is 29.6 Å². The molecule has 0 radical (unpaired) electrons. The van der Waals surface area contributed by atoms with Crippen molar-refractivity contribution in [3.8, 4) is 11.8 Å². The summed E-state index contributed by atoms with van der Waals surface area (Å²) < 4.78 is 5.62. The molecule has 0 aliphatic rings. The Hall–Kier alpha value is -2.69. The number of nitrogens with one attached hydrogen (secondary N) is 1. The van der Waals surface area contributed by atoms with Gasteiger partial charge in [-0.2, -0.15) is 5.26 Å². The molecule has 104 valence electrons. The van der Waals surface area contributed by atoms with Gasteiger partial charge < -0.3 is 10.2 Å². The van der Waals surface area contributed by atoms with Crippen LogP contribution in [0.25, 0.3) is 10.2 Å². The van der Waals surface area contributed by atoms with Gasteiger partial charge in [0, 0.05) is 0 Å². The molecule has 2 aromatic heterocycles. The van der Waals surface area contributed by atoms with Crippen LogP contribution in [0, 0.1) is 11.3 Å². The van der Waals surface area contributed by atoms with Crippen molar-refractivity contribution in [1.82, 2.24) is 9.97 Å². The first-order valence-corrected chi connectivity index (χ1v) is 7.02. The lowest BCUT2D eigenvalue weighted by Gasteiger charge is -2.07. The Kier molecular flexibility index (Phi) is 3.64. The number of hydrogen-bond acceptors (Lipinski definition) is 7. The Labute approximate surface area is 124 Å². The molecule has 0 unspecified atom stereocenters. The van der Waals surface area contributed by atoms with Gasteiger partial charge in [0.25, 0.3) is 0 Å². The van der Waals surface area contributed by atoms with Crippen LogP contribution in [-0.2, 0) is 6.61 Å². The Balaban J connectivity index is 1.83. The molecule has 0 aliphatic heterocycles. The van der Waals surface area contributed by atoms with Crippen LogP contribution in [0.1, 0.15) is 11.4 Å². The Bertz CT molecular complexity index is 824. The normalized spacial score (nSPS) is 10.3. The van der Waals surface area contributed by atoms with Crippen LogP contribution in [-0.4, -0.2) is 9.97 Å². The number of nitrogen functional groups attached to an aromatic ring is 1. The minimum absolute atomic E-state index is 0.206. The SMILES string of the molecule is N#Cc1cccc(OCc2nc(NN)c3ccsc3n2)c1. The lowest BCUT2D eigenvalue weighted by Crippen LogP contribution is -2.11. The van der Waals surface area contributed by atoms with Gasteiger partial charge in [0.2, 0.25) is 0 Å². The fourth-order valence-corrected chi connectivity index (χ4v) is 2.66. The van der Waals surface area contributed by atoms with Crippen molar-refractivity contribution in [3.63, 3.8) is 0 Å². The maximum absolute atomic E-state index is 8.86. The third kappa shape index (κ3) is 2.76. The standard InChI is InChI=1S/C14H11N5OS/c15-7-9-2-1-3-10(6-9)20-8-12-17-13(19-16)11-4-5-21-14(11)18-12/h1-6H,8,16H2,(H,17,18,19). The summed E-state index contributed by atoms with van der Waals surface area (Å²) in [5, 5.41) is 11.7. The molecule has 1 aromatic carbocycles. The van der Waals surface area contributed by atoms with Crippen LogP contribution >= 0.6 is 11.3 Å². The summed E-state index contributed by atoms with van der Waals surface area (Å²) in [4.78, 5) is 9.59. The average molecular weight is 297 g/mol. The highest BCUT2D eigenvalue weighted by Crippen LogP contribution is 2.24. The molecule has 2 heterocycles. The summed E-state index contributed by atoms with van der Waals surface area (Å²) >= 11 is 1.51. The highest BCUT2D eigenvalue weighted by molar-refractivity contribution is 7.16. The number of aromatic nitrogens is 2. The molecule has 21 heavy (non-hydrogen) atoms. The summed E-state index contributed by atoms with van der Waals surface area (Å²) in [7, 11) is 0. The van der Waals surface area contributed by atoms with E-state index in [1.807, 2.05) is 11.4 Å². The average Bonchev–Trinajstić information content (AvgIpc) is 3.00. The van der Waals surface area contributed by atoms with E-state index in [0.717, 1.165) is 10.2 Å². The fourth-order valence-electron chi connectivity index (χ4n) is 1.88. The molecule has 0 spiro atoms. The van der Waals surface area contributed by atoms with E-state index >= 15 is 0 Å². The smallest absolute Gasteiger partial charge is 0.169 e. The maximum Gasteiger partial charge on any atom is 0.169 e. The summed E-state index contributed by atoms with van der Waals surface area (Å²) in [6.45, 7) is 0.206. The van der Waals surface area contributed by atoms with E-state index in [1.165, 1.54) is 11.3 Å². The van der Waals surface area contributed by atoms with E-state index < -0.39 is 0 Å². The number of benzene rings is 1. The maximum atomic E-state index is 8.86. The highest BCUT2D eigenvalue weighted by Gasteiger charge is 2.08. The second kappa shape index (κ2) is 5.75. The fraction of sp³-hybridized carbons (Fsp3) is 0.0714. The van der Waals surface area contributed by atoms with Crippen molar-refractivity contribution in [2.75, 3.05) is 5.43 Å². The number of nitriles is 1. The molecule has 3 rings (SSSR count). The zero-order valence-corrected chi connectivity index (χ0v) is 11.7. The third-order valence-electron chi connectivity index (χ3n) is 2.84. The molecule has 0 amide bonds. The summed E-state index contributed by atoms with van der Waals surface area (Å²) in [5.41, 5.74) is 3.12. The quantitative estimate of drug-likeness (QED) is 0.567. The van der Waals surface area contributed by atoms with Crippen molar-refractivity contribution in [2.45, 2.75) is 6.61 Å². The molecular weight excluding hydrogens is 286 g/mol. The molecule has 6 nitrogen and oxygen atoms in total.